The lowest BCUT2D eigenvalue weighted by Gasteiger charge is -2.32. The van der Waals surface area contributed by atoms with E-state index in [1.54, 1.807) is 0 Å². The van der Waals surface area contributed by atoms with Gasteiger partial charge in [-0.2, -0.15) is 4.98 Å². The molecule has 4 rings (SSSR count). The van der Waals surface area contributed by atoms with Gasteiger partial charge in [0.15, 0.2) is 5.82 Å². The average Bonchev–Trinajstić information content (AvgIpc) is 3.23. The van der Waals surface area contributed by atoms with Crippen LogP contribution >= 0.6 is 0 Å². The summed E-state index contributed by atoms with van der Waals surface area (Å²) in [5.41, 5.74) is 0. The van der Waals surface area contributed by atoms with E-state index in [-0.39, 0.29) is 18.0 Å². The van der Waals surface area contributed by atoms with Crippen LogP contribution in [0, 0.1) is 0 Å². The maximum absolute atomic E-state index is 13.1. The van der Waals surface area contributed by atoms with Crippen molar-refractivity contribution >= 4 is 5.91 Å². The molecule has 0 spiro atoms. The topological polar surface area (TPSA) is 62.5 Å². The van der Waals surface area contributed by atoms with Gasteiger partial charge in [0.1, 0.15) is 0 Å². The molecule has 1 aromatic heterocycles. The smallest absolute Gasteiger partial charge is 0.240 e. The molecule has 3 fully saturated rings. The van der Waals surface area contributed by atoms with Gasteiger partial charge in [0.2, 0.25) is 11.8 Å². The van der Waals surface area contributed by atoms with Crippen LogP contribution in [0.2, 0.25) is 0 Å². The zero-order valence-corrected chi connectivity index (χ0v) is 14.6. The Kier molecular flexibility index (Phi) is 4.57. The van der Waals surface area contributed by atoms with Gasteiger partial charge in [-0.1, -0.05) is 18.0 Å². The summed E-state index contributed by atoms with van der Waals surface area (Å²) in [7, 11) is 0. The largest absolute Gasteiger partial charge is 0.339 e. The number of likely N-dealkylation sites (tertiary alicyclic amines) is 2. The van der Waals surface area contributed by atoms with Gasteiger partial charge in [0.05, 0.1) is 12.1 Å². The SMILES string of the molecule is C[C@@H](C(=O)N1CCC[C@@H]1c1noc(C2CC2)n1)N1CCCCCC1. The van der Waals surface area contributed by atoms with E-state index >= 15 is 0 Å². The van der Waals surface area contributed by atoms with E-state index < -0.39 is 0 Å². The number of hydrogen-bond acceptors (Lipinski definition) is 5. The lowest BCUT2D eigenvalue weighted by atomic mass is 10.1. The van der Waals surface area contributed by atoms with Crippen molar-refractivity contribution < 1.29 is 9.32 Å². The molecule has 1 aromatic rings. The van der Waals surface area contributed by atoms with Gasteiger partial charge in [-0.05, 0) is 58.5 Å². The van der Waals surface area contributed by atoms with E-state index in [1.807, 2.05) is 4.90 Å². The minimum Gasteiger partial charge on any atom is -0.339 e. The quantitative estimate of drug-likeness (QED) is 0.848. The Morgan fingerprint density at radius 3 is 2.54 bits per heavy atom. The molecule has 0 bridgehead atoms. The minimum absolute atomic E-state index is 0.00294. The van der Waals surface area contributed by atoms with Gasteiger partial charge in [0, 0.05) is 12.5 Å². The molecule has 1 saturated carbocycles. The highest BCUT2D eigenvalue weighted by Crippen LogP contribution is 2.40. The lowest BCUT2D eigenvalue weighted by Crippen LogP contribution is -2.47. The van der Waals surface area contributed by atoms with Crippen LogP contribution in [0.25, 0.3) is 0 Å². The molecule has 0 radical (unpaired) electrons. The van der Waals surface area contributed by atoms with E-state index in [2.05, 4.69) is 22.0 Å². The van der Waals surface area contributed by atoms with Crippen LogP contribution in [0.15, 0.2) is 4.52 Å². The standard InChI is InChI=1S/C18H28N4O2/c1-13(21-10-4-2-3-5-11-21)18(23)22-12-6-7-15(22)16-19-17(24-20-16)14-8-9-14/h13-15H,2-12H2,1H3/t13-,15+/m0/s1. The first-order valence-corrected chi connectivity index (χ1v) is 9.62. The fraction of sp³-hybridized carbons (Fsp3) is 0.833. The van der Waals surface area contributed by atoms with Crippen LogP contribution in [-0.4, -0.2) is 51.5 Å². The number of carbonyl (C=O) groups excluding carboxylic acids is 1. The van der Waals surface area contributed by atoms with Gasteiger partial charge < -0.3 is 9.42 Å². The van der Waals surface area contributed by atoms with Crippen molar-refractivity contribution in [2.24, 2.45) is 0 Å². The summed E-state index contributed by atoms with van der Waals surface area (Å²) in [5.74, 6) is 2.18. The Hall–Kier alpha value is -1.43. The molecule has 1 amide bonds. The molecule has 3 aliphatic rings. The molecular formula is C18H28N4O2. The summed E-state index contributed by atoms with van der Waals surface area (Å²) in [6.45, 7) is 4.96. The van der Waals surface area contributed by atoms with Crippen LogP contribution in [0.3, 0.4) is 0 Å². The van der Waals surface area contributed by atoms with Crippen molar-refractivity contribution in [1.29, 1.82) is 0 Å². The monoisotopic (exact) mass is 332 g/mol. The highest BCUT2D eigenvalue weighted by Gasteiger charge is 2.38. The molecule has 2 saturated heterocycles. The molecule has 1 aliphatic carbocycles. The van der Waals surface area contributed by atoms with Crippen LogP contribution in [0.1, 0.15) is 82.0 Å². The summed E-state index contributed by atoms with van der Waals surface area (Å²) in [6, 6.07) is -0.0401. The summed E-state index contributed by atoms with van der Waals surface area (Å²) in [6.07, 6.45) is 9.26. The van der Waals surface area contributed by atoms with Crippen LogP contribution in [-0.2, 0) is 4.79 Å². The second kappa shape index (κ2) is 6.82. The van der Waals surface area contributed by atoms with Crippen molar-refractivity contribution in [1.82, 2.24) is 19.9 Å². The Morgan fingerprint density at radius 1 is 1.08 bits per heavy atom. The van der Waals surface area contributed by atoms with Gasteiger partial charge in [-0.15, -0.1) is 0 Å². The van der Waals surface area contributed by atoms with Gasteiger partial charge in [-0.3, -0.25) is 9.69 Å². The predicted octanol–water partition coefficient (Wildman–Crippen LogP) is 2.88. The Bertz CT molecular complexity index is 575. The maximum Gasteiger partial charge on any atom is 0.240 e. The maximum atomic E-state index is 13.1. The molecule has 2 aliphatic heterocycles. The first kappa shape index (κ1) is 16.1. The normalized spacial score (nSPS) is 27.2. The average molecular weight is 332 g/mol. The van der Waals surface area contributed by atoms with E-state index in [1.165, 1.54) is 25.7 Å². The first-order valence-electron chi connectivity index (χ1n) is 9.62. The Morgan fingerprint density at radius 2 is 1.83 bits per heavy atom. The number of carbonyl (C=O) groups is 1. The van der Waals surface area contributed by atoms with Crippen LogP contribution in [0.5, 0.6) is 0 Å². The van der Waals surface area contributed by atoms with Crippen molar-refractivity contribution in [2.45, 2.75) is 76.3 Å². The highest BCUT2D eigenvalue weighted by atomic mass is 16.5. The van der Waals surface area contributed by atoms with Gasteiger partial charge in [0.25, 0.3) is 0 Å². The van der Waals surface area contributed by atoms with E-state index in [0.29, 0.717) is 11.7 Å². The number of aromatic nitrogens is 2. The Labute approximate surface area is 143 Å². The molecular weight excluding hydrogens is 304 g/mol. The summed E-state index contributed by atoms with van der Waals surface area (Å²) >= 11 is 0. The van der Waals surface area contributed by atoms with Gasteiger partial charge in [-0.25, -0.2) is 0 Å². The lowest BCUT2D eigenvalue weighted by molar-refractivity contribution is -0.137. The third kappa shape index (κ3) is 3.21. The van der Waals surface area contributed by atoms with E-state index in [0.717, 1.165) is 51.2 Å². The number of rotatable bonds is 4. The van der Waals surface area contributed by atoms with Crippen LogP contribution in [0.4, 0.5) is 0 Å². The molecule has 6 heteroatoms. The second-order valence-electron chi connectivity index (χ2n) is 7.58. The highest BCUT2D eigenvalue weighted by molar-refractivity contribution is 5.82. The van der Waals surface area contributed by atoms with Gasteiger partial charge >= 0.3 is 0 Å². The summed E-state index contributed by atoms with van der Waals surface area (Å²) in [4.78, 5) is 22.0. The van der Waals surface area contributed by atoms with E-state index in [9.17, 15) is 4.79 Å². The Balaban J connectivity index is 1.45. The molecule has 132 valence electrons. The number of hydrogen-bond donors (Lipinski definition) is 0. The molecule has 0 unspecified atom stereocenters. The fourth-order valence-electron chi connectivity index (χ4n) is 4.06. The zero-order chi connectivity index (χ0) is 16.5. The fourth-order valence-corrected chi connectivity index (χ4v) is 4.06. The predicted molar refractivity (Wildman–Crippen MR) is 89.5 cm³/mol. The minimum atomic E-state index is -0.0431. The number of amides is 1. The summed E-state index contributed by atoms with van der Waals surface area (Å²) in [5, 5.41) is 4.19. The van der Waals surface area contributed by atoms with Crippen molar-refractivity contribution in [3.8, 4) is 0 Å². The third-order valence-electron chi connectivity index (χ3n) is 5.76. The second-order valence-corrected chi connectivity index (χ2v) is 7.58. The third-order valence-corrected chi connectivity index (χ3v) is 5.76. The van der Waals surface area contributed by atoms with Crippen LogP contribution < -0.4 is 0 Å². The zero-order valence-electron chi connectivity index (χ0n) is 14.6. The molecule has 0 N–H and O–H groups in total. The van der Waals surface area contributed by atoms with E-state index in [4.69, 9.17) is 4.52 Å². The first-order chi connectivity index (χ1) is 11.7. The molecule has 0 aromatic carbocycles. The van der Waals surface area contributed by atoms with Crippen molar-refractivity contribution in [3.05, 3.63) is 11.7 Å². The molecule has 2 atom stereocenters. The number of nitrogens with zero attached hydrogens (tertiary/aromatic N) is 4. The van der Waals surface area contributed by atoms with Crippen molar-refractivity contribution in [3.63, 3.8) is 0 Å². The molecule has 6 nitrogen and oxygen atoms in total. The molecule has 3 heterocycles. The molecule has 24 heavy (non-hydrogen) atoms. The van der Waals surface area contributed by atoms with Crippen molar-refractivity contribution in [2.75, 3.05) is 19.6 Å². The summed E-state index contributed by atoms with van der Waals surface area (Å²) < 4.78 is 5.41.